The summed E-state index contributed by atoms with van der Waals surface area (Å²) in [5.74, 6) is -0.611. The third-order valence-electron chi connectivity index (χ3n) is 5.87. The van der Waals surface area contributed by atoms with Gasteiger partial charge in [0.05, 0.1) is 11.1 Å². The Kier molecular flexibility index (Phi) is 4.60. The van der Waals surface area contributed by atoms with Gasteiger partial charge in [-0.2, -0.15) is 10.1 Å². The third-order valence-corrected chi connectivity index (χ3v) is 5.87. The molecule has 29 heavy (non-hydrogen) atoms. The molecule has 1 aromatic heterocycles. The van der Waals surface area contributed by atoms with Crippen LogP contribution in [0.5, 0.6) is 0 Å². The minimum atomic E-state index is -0.939. The van der Waals surface area contributed by atoms with Crippen molar-refractivity contribution in [1.29, 1.82) is 0 Å². The van der Waals surface area contributed by atoms with Crippen molar-refractivity contribution in [3.8, 4) is 0 Å². The molecule has 4 rings (SSSR count). The number of nitrogens with zero attached hydrogens (tertiary/aromatic N) is 3. The quantitative estimate of drug-likeness (QED) is 0.757. The molecule has 1 aliphatic carbocycles. The van der Waals surface area contributed by atoms with Crippen LogP contribution in [0.4, 0.5) is 4.79 Å². The van der Waals surface area contributed by atoms with Gasteiger partial charge >= 0.3 is 6.03 Å². The third kappa shape index (κ3) is 3.26. The lowest BCUT2D eigenvalue weighted by atomic mass is 9.77. The maximum absolute atomic E-state index is 12.8. The van der Waals surface area contributed by atoms with Crippen LogP contribution in [0.15, 0.2) is 29.1 Å². The predicted molar refractivity (Wildman–Crippen MR) is 105 cm³/mol. The highest BCUT2D eigenvalue weighted by atomic mass is 16.2. The summed E-state index contributed by atoms with van der Waals surface area (Å²) >= 11 is 0. The number of hydrazine groups is 1. The predicted octanol–water partition coefficient (Wildman–Crippen LogP) is 1.24. The van der Waals surface area contributed by atoms with Gasteiger partial charge in [0.2, 0.25) is 0 Å². The van der Waals surface area contributed by atoms with Crippen LogP contribution in [0.3, 0.4) is 0 Å². The molecule has 4 amide bonds. The van der Waals surface area contributed by atoms with Gasteiger partial charge < -0.3 is 5.32 Å². The number of hydrogen-bond donors (Lipinski definition) is 2. The number of carbonyl (C=O) groups is 3. The minimum Gasteiger partial charge on any atom is -0.322 e. The minimum absolute atomic E-state index is 0.397. The van der Waals surface area contributed by atoms with E-state index in [1.165, 1.54) is 0 Å². The van der Waals surface area contributed by atoms with Crippen LogP contribution >= 0.6 is 0 Å². The molecule has 0 atom stereocenters. The average molecular weight is 397 g/mol. The summed E-state index contributed by atoms with van der Waals surface area (Å²) in [6.45, 7) is 3.47. The Hall–Kier alpha value is -3.23. The van der Waals surface area contributed by atoms with Crippen LogP contribution in [-0.4, -0.2) is 38.2 Å². The molecule has 1 saturated heterocycles. The number of urea groups is 1. The highest BCUT2D eigenvalue weighted by molar-refractivity contribution is 6.08. The van der Waals surface area contributed by atoms with Crippen LogP contribution < -0.4 is 16.3 Å². The van der Waals surface area contributed by atoms with E-state index in [2.05, 4.69) is 22.8 Å². The fourth-order valence-electron chi connectivity index (χ4n) is 4.12. The second kappa shape index (κ2) is 6.98. The van der Waals surface area contributed by atoms with Gasteiger partial charge in [0, 0.05) is 5.39 Å². The van der Waals surface area contributed by atoms with Crippen LogP contribution in [-0.2, 0) is 16.1 Å². The second-order valence-electron chi connectivity index (χ2n) is 7.96. The van der Waals surface area contributed by atoms with Crippen LogP contribution in [0, 0.1) is 12.8 Å². The summed E-state index contributed by atoms with van der Waals surface area (Å²) in [5.41, 5.74) is 1.60. The van der Waals surface area contributed by atoms with Gasteiger partial charge in [-0.25, -0.2) is 9.48 Å². The van der Waals surface area contributed by atoms with E-state index in [0.29, 0.717) is 29.8 Å². The Morgan fingerprint density at radius 3 is 2.55 bits per heavy atom. The molecule has 2 aliphatic rings. The van der Waals surface area contributed by atoms with Crippen molar-refractivity contribution in [2.45, 2.75) is 51.6 Å². The van der Waals surface area contributed by atoms with Crippen LogP contribution in [0.2, 0.25) is 0 Å². The normalized spacial score (nSPS) is 24.2. The summed E-state index contributed by atoms with van der Waals surface area (Å²) in [7, 11) is 0. The maximum Gasteiger partial charge on any atom is 0.344 e. The Morgan fingerprint density at radius 1 is 1.21 bits per heavy atom. The molecular weight excluding hydrogens is 374 g/mol. The lowest BCUT2D eigenvalue weighted by Crippen LogP contribution is -2.52. The first-order chi connectivity index (χ1) is 13.8. The van der Waals surface area contributed by atoms with Crippen molar-refractivity contribution >= 4 is 28.6 Å². The fourth-order valence-corrected chi connectivity index (χ4v) is 4.12. The van der Waals surface area contributed by atoms with E-state index >= 15 is 0 Å². The average Bonchev–Trinajstić information content (AvgIpc) is 2.92. The molecule has 2 aromatic rings. The van der Waals surface area contributed by atoms with E-state index in [1.807, 2.05) is 6.07 Å². The number of aryl methyl sites for hydroxylation is 1. The Labute approximate surface area is 167 Å². The number of amides is 4. The van der Waals surface area contributed by atoms with Gasteiger partial charge in [0.1, 0.15) is 12.1 Å². The van der Waals surface area contributed by atoms with E-state index in [-0.39, 0.29) is 0 Å². The second-order valence-corrected chi connectivity index (χ2v) is 7.96. The topological polar surface area (TPSA) is 113 Å². The number of hydrogen-bond acceptors (Lipinski definition) is 5. The van der Waals surface area contributed by atoms with Crippen molar-refractivity contribution in [1.82, 2.24) is 25.5 Å². The van der Waals surface area contributed by atoms with Gasteiger partial charge in [-0.05, 0) is 44.6 Å². The monoisotopic (exact) mass is 397 g/mol. The van der Waals surface area contributed by atoms with Crippen molar-refractivity contribution < 1.29 is 14.4 Å². The molecule has 1 saturated carbocycles. The first-order valence-electron chi connectivity index (χ1n) is 9.73. The number of fused-ring (bicyclic) bond motifs is 1. The zero-order valence-electron chi connectivity index (χ0n) is 16.4. The molecule has 1 aromatic carbocycles. The lowest BCUT2D eigenvalue weighted by molar-refractivity contribution is -0.140. The summed E-state index contributed by atoms with van der Waals surface area (Å²) in [6.07, 6.45) is 2.78. The zero-order valence-corrected chi connectivity index (χ0v) is 16.4. The van der Waals surface area contributed by atoms with Gasteiger partial charge in [-0.3, -0.25) is 19.8 Å². The molecule has 2 heterocycles. The lowest BCUT2D eigenvalue weighted by Gasteiger charge is -2.33. The van der Waals surface area contributed by atoms with E-state index in [4.69, 9.17) is 0 Å². The largest absolute Gasteiger partial charge is 0.344 e. The maximum atomic E-state index is 12.8. The number of carbonyl (C=O) groups excluding carboxylic acids is 3. The van der Waals surface area contributed by atoms with Gasteiger partial charge in [0.25, 0.3) is 17.4 Å². The highest BCUT2D eigenvalue weighted by Gasteiger charge is 2.52. The van der Waals surface area contributed by atoms with Crippen molar-refractivity contribution in [3.05, 3.63) is 40.3 Å². The molecule has 1 aliphatic heterocycles. The number of nitrogens with one attached hydrogen (secondary N) is 2. The molecule has 9 nitrogen and oxygen atoms in total. The van der Waals surface area contributed by atoms with E-state index < -0.39 is 35.5 Å². The van der Waals surface area contributed by atoms with E-state index in [0.717, 1.165) is 27.9 Å². The van der Waals surface area contributed by atoms with Crippen molar-refractivity contribution in [2.75, 3.05) is 0 Å². The van der Waals surface area contributed by atoms with Crippen molar-refractivity contribution in [2.24, 2.45) is 5.92 Å². The molecule has 0 unspecified atom stereocenters. The molecule has 0 radical (unpaired) electrons. The van der Waals surface area contributed by atoms with Gasteiger partial charge in [0.15, 0.2) is 0 Å². The van der Waals surface area contributed by atoms with Crippen molar-refractivity contribution in [3.63, 3.8) is 0 Å². The summed E-state index contributed by atoms with van der Waals surface area (Å²) in [5, 5.41) is 8.84. The van der Waals surface area contributed by atoms with Gasteiger partial charge in [-0.1, -0.05) is 25.1 Å². The summed E-state index contributed by atoms with van der Waals surface area (Å²) < 4.78 is 1.05. The summed E-state index contributed by atoms with van der Waals surface area (Å²) in [4.78, 5) is 50.3. The first-order valence-corrected chi connectivity index (χ1v) is 9.73. The molecule has 2 N–H and O–H groups in total. The van der Waals surface area contributed by atoms with Gasteiger partial charge in [-0.15, -0.1) is 0 Å². The van der Waals surface area contributed by atoms with Crippen LogP contribution in [0.1, 0.15) is 38.3 Å². The highest BCUT2D eigenvalue weighted by Crippen LogP contribution is 2.35. The molecule has 152 valence electrons. The molecular formula is C20H23N5O4. The Balaban J connectivity index is 1.51. The number of aromatic nitrogens is 2. The Bertz CT molecular complexity index is 1070. The smallest absolute Gasteiger partial charge is 0.322 e. The zero-order chi connectivity index (χ0) is 20.8. The number of imide groups is 1. The molecule has 0 bridgehead atoms. The standard InChI is InChI=1S/C20H23N5O4/c1-12-7-9-20(10-8-12)18(28)25(19(29)21-20)23-16(26)11-24-17(27)15-6-4-3-5-14(15)13(2)22-24/h3-6,12H,7-11H2,1-2H3,(H,21,29)(H,23,26). The SMILES string of the molecule is Cc1nn(CC(=O)NN2C(=O)NC3(CCC(C)CC3)C2=O)c(=O)c2ccccc12. The molecule has 1 spiro atoms. The van der Waals surface area contributed by atoms with E-state index in [1.54, 1.807) is 25.1 Å². The Morgan fingerprint density at radius 2 is 1.86 bits per heavy atom. The van der Waals surface area contributed by atoms with Crippen LogP contribution in [0.25, 0.3) is 10.8 Å². The molecule has 9 heteroatoms. The fraction of sp³-hybridized carbons (Fsp3) is 0.450. The number of rotatable bonds is 3. The number of benzene rings is 1. The van der Waals surface area contributed by atoms with E-state index in [9.17, 15) is 19.2 Å². The summed E-state index contributed by atoms with van der Waals surface area (Å²) in [6, 6.07) is 6.37. The first kappa shape index (κ1) is 19.1. The molecule has 2 fully saturated rings.